The minimum Gasteiger partial charge on any atom is -0.497 e. The molecule has 0 heterocycles. The fourth-order valence-corrected chi connectivity index (χ4v) is 6.31. The Morgan fingerprint density at radius 2 is 1.50 bits per heavy atom. The van der Waals surface area contributed by atoms with Gasteiger partial charge in [-0.1, -0.05) is 67.1 Å². The summed E-state index contributed by atoms with van der Waals surface area (Å²) in [6.45, 7) is 5.23. The van der Waals surface area contributed by atoms with E-state index in [1.807, 2.05) is 75.4 Å². The van der Waals surface area contributed by atoms with Crippen LogP contribution in [0, 0.1) is 12.7 Å². The van der Waals surface area contributed by atoms with Crippen molar-refractivity contribution in [2.24, 2.45) is 0 Å². The molecule has 4 aromatic rings. The maximum absolute atomic E-state index is 14.5. The molecule has 1 N–H and O–H groups in total. The van der Waals surface area contributed by atoms with Gasteiger partial charge in [0.25, 0.3) is 10.0 Å². The zero-order valence-electron chi connectivity index (χ0n) is 26.5. The molecule has 0 aliphatic rings. The van der Waals surface area contributed by atoms with Gasteiger partial charge in [-0.15, -0.1) is 0 Å². The Hall–Kier alpha value is -4.70. The number of nitrogens with zero attached hydrogens (tertiary/aromatic N) is 2. The summed E-state index contributed by atoms with van der Waals surface area (Å²) in [5.74, 6) is -1.03. The topological polar surface area (TPSA) is 96.0 Å². The van der Waals surface area contributed by atoms with Gasteiger partial charge in [-0.2, -0.15) is 0 Å². The number of methoxy groups -OCH3 is 1. The van der Waals surface area contributed by atoms with Gasteiger partial charge >= 0.3 is 0 Å². The average molecular weight is 646 g/mol. The van der Waals surface area contributed by atoms with E-state index in [-0.39, 0.29) is 35.5 Å². The van der Waals surface area contributed by atoms with Crippen molar-refractivity contribution in [1.82, 2.24) is 10.2 Å². The molecule has 2 atom stereocenters. The van der Waals surface area contributed by atoms with Gasteiger partial charge in [0.2, 0.25) is 11.8 Å². The molecule has 0 aromatic heterocycles. The fraction of sp³-hybridized carbons (Fsp3) is 0.278. The van der Waals surface area contributed by atoms with E-state index in [0.717, 1.165) is 33.1 Å². The molecule has 4 rings (SSSR count). The number of carbonyl (C=O) groups excluding carboxylic acids is 2. The zero-order valence-corrected chi connectivity index (χ0v) is 27.3. The predicted octanol–water partition coefficient (Wildman–Crippen LogP) is 5.89. The summed E-state index contributed by atoms with van der Waals surface area (Å²) in [6.07, 6.45) is 0.899. The van der Waals surface area contributed by atoms with Gasteiger partial charge in [0, 0.05) is 19.0 Å². The van der Waals surface area contributed by atoms with E-state index >= 15 is 0 Å². The second-order valence-electron chi connectivity index (χ2n) is 11.2. The van der Waals surface area contributed by atoms with Crippen LogP contribution in [0.4, 0.5) is 10.1 Å². The molecule has 0 radical (unpaired) electrons. The van der Waals surface area contributed by atoms with E-state index in [9.17, 15) is 22.4 Å². The Morgan fingerprint density at radius 3 is 2.09 bits per heavy atom. The highest BCUT2D eigenvalue weighted by atomic mass is 32.2. The molecule has 2 amide bonds. The molecule has 0 spiro atoms. The largest absolute Gasteiger partial charge is 0.497 e. The lowest BCUT2D eigenvalue weighted by molar-refractivity contribution is -0.140. The van der Waals surface area contributed by atoms with Crippen molar-refractivity contribution in [3.8, 4) is 5.75 Å². The van der Waals surface area contributed by atoms with Crippen molar-refractivity contribution >= 4 is 27.5 Å². The number of aryl methyl sites for hydroxylation is 1. The molecule has 0 aliphatic carbocycles. The number of hydrogen-bond acceptors (Lipinski definition) is 5. The van der Waals surface area contributed by atoms with Crippen LogP contribution in [-0.2, 0) is 32.6 Å². The van der Waals surface area contributed by atoms with Gasteiger partial charge in [0.15, 0.2) is 0 Å². The van der Waals surface area contributed by atoms with Crippen molar-refractivity contribution in [3.05, 3.63) is 126 Å². The first-order chi connectivity index (χ1) is 22.0. The van der Waals surface area contributed by atoms with Crippen LogP contribution in [0.1, 0.15) is 37.0 Å². The quantitative estimate of drug-likeness (QED) is 0.185. The van der Waals surface area contributed by atoms with E-state index in [1.165, 1.54) is 48.4 Å². The number of sulfonamides is 1. The Labute approximate surface area is 270 Å². The number of carbonyl (C=O) groups is 2. The lowest BCUT2D eigenvalue weighted by Crippen LogP contribution is -2.54. The third-order valence-electron chi connectivity index (χ3n) is 7.79. The van der Waals surface area contributed by atoms with Gasteiger partial charge in [0.1, 0.15) is 24.2 Å². The Balaban J connectivity index is 1.80. The smallest absolute Gasteiger partial charge is 0.264 e. The summed E-state index contributed by atoms with van der Waals surface area (Å²) < 4.78 is 48.3. The first-order valence-electron chi connectivity index (χ1n) is 15.1. The third-order valence-corrected chi connectivity index (χ3v) is 9.57. The fourth-order valence-electron chi connectivity index (χ4n) is 4.90. The number of anilines is 1. The Bertz CT molecular complexity index is 1700. The van der Waals surface area contributed by atoms with Crippen LogP contribution in [0.25, 0.3) is 0 Å². The molecule has 0 unspecified atom stereocenters. The highest BCUT2D eigenvalue weighted by Crippen LogP contribution is 2.27. The van der Waals surface area contributed by atoms with Crippen LogP contribution in [0.5, 0.6) is 5.75 Å². The van der Waals surface area contributed by atoms with Crippen LogP contribution < -0.4 is 14.4 Å². The van der Waals surface area contributed by atoms with Gasteiger partial charge in [0.05, 0.1) is 17.7 Å². The molecule has 242 valence electrons. The number of hydrogen-bond donors (Lipinski definition) is 1. The number of amides is 2. The van der Waals surface area contributed by atoms with Gasteiger partial charge in [-0.05, 0) is 79.9 Å². The summed E-state index contributed by atoms with van der Waals surface area (Å²) in [7, 11) is -2.85. The molecule has 4 aromatic carbocycles. The number of rotatable bonds is 14. The van der Waals surface area contributed by atoms with E-state index < -0.39 is 34.3 Å². The third kappa shape index (κ3) is 8.72. The monoisotopic (exact) mass is 645 g/mol. The second kappa shape index (κ2) is 15.5. The summed E-state index contributed by atoms with van der Waals surface area (Å²) in [5.41, 5.74) is 2.75. The number of halogens is 1. The number of benzene rings is 4. The lowest BCUT2D eigenvalue weighted by atomic mass is 10.0. The maximum Gasteiger partial charge on any atom is 0.264 e. The normalized spacial score (nSPS) is 12.5. The lowest BCUT2D eigenvalue weighted by Gasteiger charge is -2.34. The molecule has 46 heavy (non-hydrogen) atoms. The van der Waals surface area contributed by atoms with Gasteiger partial charge < -0.3 is 15.0 Å². The van der Waals surface area contributed by atoms with Crippen LogP contribution in [-0.4, -0.2) is 50.9 Å². The summed E-state index contributed by atoms with van der Waals surface area (Å²) in [6, 6.07) is 26.6. The maximum atomic E-state index is 14.5. The molecule has 0 saturated carbocycles. The number of nitrogens with one attached hydrogen (secondary N) is 1. The van der Waals surface area contributed by atoms with Crippen molar-refractivity contribution < 1.29 is 27.1 Å². The van der Waals surface area contributed by atoms with E-state index in [2.05, 4.69) is 5.32 Å². The van der Waals surface area contributed by atoms with Gasteiger partial charge in [-0.3, -0.25) is 13.9 Å². The standard InChI is InChI=1S/C36H40FN3O5S/c1-5-27(3)38-36(42)34(23-28-9-7-6-8-10-28)39(24-29-13-11-26(2)12-14-29)35(41)25-40(31-17-15-30(37)16-18-31)46(43,44)33-21-19-32(45-4)20-22-33/h6-22,27,34H,5,23-25H2,1-4H3,(H,38,42)/t27-,34+/m0/s1. The highest BCUT2D eigenvalue weighted by molar-refractivity contribution is 7.92. The van der Waals surface area contributed by atoms with Crippen LogP contribution in [0.2, 0.25) is 0 Å². The van der Waals surface area contributed by atoms with Crippen LogP contribution >= 0.6 is 0 Å². The van der Waals surface area contributed by atoms with Gasteiger partial charge in [-0.25, -0.2) is 12.8 Å². The Kier molecular flexibility index (Phi) is 11.5. The van der Waals surface area contributed by atoms with Crippen molar-refractivity contribution in [2.75, 3.05) is 18.0 Å². The highest BCUT2D eigenvalue weighted by Gasteiger charge is 2.35. The van der Waals surface area contributed by atoms with Crippen molar-refractivity contribution in [3.63, 3.8) is 0 Å². The van der Waals surface area contributed by atoms with Crippen molar-refractivity contribution in [1.29, 1.82) is 0 Å². The average Bonchev–Trinajstić information content (AvgIpc) is 3.06. The SMILES string of the molecule is CC[C@H](C)NC(=O)[C@@H](Cc1ccccc1)N(Cc1ccc(C)cc1)C(=O)CN(c1ccc(F)cc1)S(=O)(=O)c1ccc(OC)cc1. The zero-order chi connectivity index (χ0) is 33.3. The molecule has 0 aliphatic heterocycles. The molecular weight excluding hydrogens is 605 g/mol. The minimum atomic E-state index is -4.32. The molecule has 0 saturated heterocycles. The minimum absolute atomic E-state index is 0.0599. The molecule has 0 fully saturated rings. The number of ether oxygens (including phenoxy) is 1. The molecular formula is C36H40FN3O5S. The van der Waals surface area contributed by atoms with E-state index in [1.54, 1.807) is 0 Å². The first-order valence-corrected chi connectivity index (χ1v) is 16.6. The van der Waals surface area contributed by atoms with Crippen LogP contribution in [0.15, 0.2) is 108 Å². The van der Waals surface area contributed by atoms with Crippen LogP contribution in [0.3, 0.4) is 0 Å². The van der Waals surface area contributed by atoms with E-state index in [4.69, 9.17) is 4.74 Å². The Morgan fingerprint density at radius 1 is 0.870 bits per heavy atom. The van der Waals surface area contributed by atoms with E-state index in [0.29, 0.717) is 12.2 Å². The molecule has 0 bridgehead atoms. The molecule has 8 nitrogen and oxygen atoms in total. The second-order valence-corrected chi connectivity index (χ2v) is 13.1. The van der Waals surface area contributed by atoms with Crippen molar-refractivity contribution in [2.45, 2.75) is 57.1 Å². The predicted molar refractivity (Wildman–Crippen MR) is 177 cm³/mol. The molecule has 10 heteroatoms. The summed E-state index contributed by atoms with van der Waals surface area (Å²) in [4.78, 5) is 29.7. The summed E-state index contributed by atoms with van der Waals surface area (Å²) in [5, 5.41) is 3.02. The summed E-state index contributed by atoms with van der Waals surface area (Å²) >= 11 is 0. The first kappa shape index (κ1) is 34.2.